The summed E-state index contributed by atoms with van der Waals surface area (Å²) in [5, 5.41) is 2.98. The fourth-order valence-electron chi connectivity index (χ4n) is 3.43. The predicted octanol–water partition coefficient (Wildman–Crippen LogP) is 3.37. The number of rotatable bonds is 7. The number of amides is 1. The average Bonchev–Trinajstić information content (AvgIpc) is 2.71. The molecule has 1 fully saturated rings. The Hall–Kier alpha value is -2.44. The first-order valence-corrected chi connectivity index (χ1v) is 9.81. The molecule has 2 aromatic rings. The third kappa shape index (κ3) is 5.09. The number of ether oxygens (including phenoxy) is 1. The quantitative estimate of drug-likeness (QED) is 0.794. The summed E-state index contributed by atoms with van der Waals surface area (Å²) in [6.45, 7) is 8.15. The highest BCUT2D eigenvalue weighted by atomic mass is 19.1. The predicted molar refractivity (Wildman–Crippen MR) is 109 cm³/mol. The fraction of sp³-hybridized carbons (Fsp3) is 0.409. The molecule has 150 valence electrons. The van der Waals surface area contributed by atoms with Crippen LogP contribution in [0.1, 0.15) is 19.4 Å². The number of benzene rings is 2. The minimum absolute atomic E-state index is 0.0466. The van der Waals surface area contributed by atoms with Crippen LogP contribution in [0.15, 0.2) is 48.5 Å². The first kappa shape index (κ1) is 20.3. The van der Waals surface area contributed by atoms with Gasteiger partial charge in [0.05, 0.1) is 18.3 Å². The van der Waals surface area contributed by atoms with Crippen LogP contribution in [-0.4, -0.2) is 54.5 Å². The molecule has 5 nitrogen and oxygen atoms in total. The summed E-state index contributed by atoms with van der Waals surface area (Å²) >= 11 is 0. The van der Waals surface area contributed by atoms with Gasteiger partial charge in [-0.3, -0.25) is 14.6 Å². The number of anilines is 1. The highest BCUT2D eigenvalue weighted by Gasteiger charge is 2.26. The first-order chi connectivity index (χ1) is 13.6. The molecule has 1 aliphatic rings. The highest BCUT2D eigenvalue weighted by Crippen LogP contribution is 2.24. The van der Waals surface area contributed by atoms with Gasteiger partial charge in [0.2, 0.25) is 5.91 Å². The Morgan fingerprint density at radius 3 is 2.50 bits per heavy atom. The van der Waals surface area contributed by atoms with Crippen molar-refractivity contribution in [2.75, 3.05) is 38.1 Å². The van der Waals surface area contributed by atoms with Gasteiger partial charge >= 0.3 is 0 Å². The molecular formula is C22H28FN3O2. The maximum absolute atomic E-state index is 13.8. The SMILES string of the molecule is CCOc1ccccc1NC(=O)C(C)N1CCN(Cc2ccccc2F)CC1. The van der Waals surface area contributed by atoms with Gasteiger partial charge in [-0.05, 0) is 32.0 Å². The van der Waals surface area contributed by atoms with Gasteiger partial charge in [0, 0.05) is 38.3 Å². The van der Waals surface area contributed by atoms with Crippen molar-refractivity contribution in [3.8, 4) is 5.75 Å². The molecule has 2 aromatic carbocycles. The van der Waals surface area contributed by atoms with Gasteiger partial charge < -0.3 is 10.1 Å². The Bertz CT molecular complexity index is 791. The summed E-state index contributed by atoms with van der Waals surface area (Å²) in [7, 11) is 0. The molecule has 1 unspecified atom stereocenters. The van der Waals surface area contributed by atoms with E-state index in [0.29, 0.717) is 30.2 Å². The van der Waals surface area contributed by atoms with Gasteiger partial charge in [0.1, 0.15) is 11.6 Å². The van der Waals surface area contributed by atoms with Crippen LogP contribution in [0.25, 0.3) is 0 Å². The van der Waals surface area contributed by atoms with Crippen molar-refractivity contribution in [3.63, 3.8) is 0 Å². The van der Waals surface area contributed by atoms with Crippen LogP contribution < -0.4 is 10.1 Å². The lowest BCUT2D eigenvalue weighted by Crippen LogP contribution is -2.52. The zero-order valence-corrected chi connectivity index (χ0v) is 16.5. The molecule has 6 heteroatoms. The second-order valence-corrected chi connectivity index (χ2v) is 7.00. The fourth-order valence-corrected chi connectivity index (χ4v) is 3.43. The molecule has 1 N–H and O–H groups in total. The zero-order chi connectivity index (χ0) is 19.9. The molecule has 0 radical (unpaired) electrons. The van der Waals surface area contributed by atoms with Gasteiger partial charge in [-0.15, -0.1) is 0 Å². The van der Waals surface area contributed by atoms with E-state index in [9.17, 15) is 9.18 Å². The molecule has 0 aromatic heterocycles. The molecule has 1 amide bonds. The number of carbonyl (C=O) groups is 1. The number of carbonyl (C=O) groups excluding carboxylic acids is 1. The van der Waals surface area contributed by atoms with Crippen molar-refractivity contribution in [2.45, 2.75) is 26.4 Å². The van der Waals surface area contributed by atoms with E-state index in [-0.39, 0.29) is 17.8 Å². The van der Waals surface area contributed by atoms with E-state index < -0.39 is 0 Å². The lowest BCUT2D eigenvalue weighted by Gasteiger charge is -2.37. The Kier molecular flexibility index (Phi) is 7.01. The minimum atomic E-state index is -0.245. The molecule has 1 aliphatic heterocycles. The number of hydrogen-bond acceptors (Lipinski definition) is 4. The maximum Gasteiger partial charge on any atom is 0.241 e. The van der Waals surface area contributed by atoms with Crippen LogP contribution in [0, 0.1) is 5.82 Å². The molecule has 0 spiro atoms. The smallest absolute Gasteiger partial charge is 0.241 e. The molecule has 0 aliphatic carbocycles. The lowest BCUT2D eigenvalue weighted by atomic mass is 10.1. The van der Waals surface area contributed by atoms with E-state index in [1.807, 2.05) is 50.2 Å². The van der Waals surface area contributed by atoms with E-state index in [4.69, 9.17) is 4.74 Å². The standard InChI is InChI=1S/C22H28FN3O2/c1-3-28-21-11-7-6-10-20(21)24-22(27)17(2)26-14-12-25(13-15-26)16-18-8-4-5-9-19(18)23/h4-11,17H,3,12-16H2,1-2H3,(H,24,27). The Balaban J connectivity index is 1.53. The Labute approximate surface area is 166 Å². The van der Waals surface area contributed by atoms with Crippen LogP contribution in [-0.2, 0) is 11.3 Å². The molecule has 1 heterocycles. The van der Waals surface area contributed by atoms with Gasteiger partial charge in [-0.1, -0.05) is 30.3 Å². The van der Waals surface area contributed by atoms with E-state index >= 15 is 0 Å². The molecule has 0 bridgehead atoms. The van der Waals surface area contributed by atoms with Crippen LogP contribution in [0.2, 0.25) is 0 Å². The lowest BCUT2D eigenvalue weighted by molar-refractivity contribution is -0.121. The molecule has 0 saturated carbocycles. The molecule has 1 saturated heterocycles. The van der Waals surface area contributed by atoms with Crippen molar-refractivity contribution < 1.29 is 13.9 Å². The summed E-state index contributed by atoms with van der Waals surface area (Å²) in [5.41, 5.74) is 1.41. The average molecular weight is 385 g/mol. The molecule has 28 heavy (non-hydrogen) atoms. The maximum atomic E-state index is 13.8. The van der Waals surface area contributed by atoms with Gasteiger partial charge in [0.15, 0.2) is 0 Å². The Morgan fingerprint density at radius 2 is 1.79 bits per heavy atom. The molecular weight excluding hydrogens is 357 g/mol. The zero-order valence-electron chi connectivity index (χ0n) is 16.5. The van der Waals surface area contributed by atoms with Crippen LogP contribution in [0.3, 0.4) is 0 Å². The summed E-state index contributed by atoms with van der Waals surface area (Å²) in [6, 6.07) is 14.1. The van der Waals surface area contributed by atoms with Crippen LogP contribution >= 0.6 is 0 Å². The van der Waals surface area contributed by atoms with Gasteiger partial charge in [-0.2, -0.15) is 0 Å². The van der Waals surface area contributed by atoms with Crippen molar-refractivity contribution >= 4 is 11.6 Å². The van der Waals surface area contributed by atoms with Crippen LogP contribution in [0.5, 0.6) is 5.75 Å². The molecule has 1 atom stereocenters. The topological polar surface area (TPSA) is 44.8 Å². The van der Waals surface area contributed by atoms with E-state index in [1.54, 1.807) is 6.07 Å². The molecule has 3 rings (SSSR count). The second-order valence-electron chi connectivity index (χ2n) is 7.00. The Morgan fingerprint density at radius 1 is 1.11 bits per heavy atom. The summed E-state index contributed by atoms with van der Waals surface area (Å²) in [5.74, 6) is 0.473. The normalized spacial score (nSPS) is 16.5. The van der Waals surface area contributed by atoms with Crippen LogP contribution in [0.4, 0.5) is 10.1 Å². The highest BCUT2D eigenvalue weighted by molar-refractivity contribution is 5.95. The third-order valence-electron chi connectivity index (χ3n) is 5.13. The number of nitrogens with one attached hydrogen (secondary N) is 1. The van der Waals surface area contributed by atoms with Crippen molar-refractivity contribution in [2.24, 2.45) is 0 Å². The first-order valence-electron chi connectivity index (χ1n) is 9.81. The number of halogens is 1. The van der Waals surface area contributed by atoms with Gasteiger partial charge in [-0.25, -0.2) is 4.39 Å². The third-order valence-corrected chi connectivity index (χ3v) is 5.13. The number of hydrogen-bond donors (Lipinski definition) is 1. The number of nitrogens with zero attached hydrogens (tertiary/aromatic N) is 2. The summed E-state index contributed by atoms with van der Waals surface area (Å²) < 4.78 is 19.4. The largest absolute Gasteiger partial charge is 0.492 e. The summed E-state index contributed by atoms with van der Waals surface area (Å²) in [4.78, 5) is 17.1. The van der Waals surface area contributed by atoms with Crippen molar-refractivity contribution in [1.29, 1.82) is 0 Å². The number of piperazine rings is 1. The van der Waals surface area contributed by atoms with Gasteiger partial charge in [0.25, 0.3) is 0 Å². The van der Waals surface area contributed by atoms with E-state index in [2.05, 4.69) is 15.1 Å². The van der Waals surface area contributed by atoms with E-state index in [1.165, 1.54) is 6.07 Å². The second kappa shape index (κ2) is 9.66. The van der Waals surface area contributed by atoms with Crippen molar-refractivity contribution in [3.05, 3.63) is 59.9 Å². The minimum Gasteiger partial charge on any atom is -0.492 e. The van der Waals surface area contributed by atoms with E-state index in [0.717, 1.165) is 26.2 Å². The van der Waals surface area contributed by atoms with Crippen molar-refractivity contribution in [1.82, 2.24) is 9.80 Å². The number of para-hydroxylation sites is 2. The summed E-state index contributed by atoms with van der Waals surface area (Å²) in [6.07, 6.45) is 0. The monoisotopic (exact) mass is 385 g/mol.